The highest BCUT2D eigenvalue weighted by Gasteiger charge is 2.04. The zero-order valence-electron chi connectivity index (χ0n) is 8.75. The van der Waals surface area contributed by atoms with Crippen molar-refractivity contribution in [2.24, 2.45) is 0 Å². The predicted octanol–water partition coefficient (Wildman–Crippen LogP) is 2.01. The van der Waals surface area contributed by atoms with Gasteiger partial charge in [0, 0.05) is 30.4 Å². The Morgan fingerprint density at radius 1 is 1.36 bits per heavy atom. The number of nitrogens with one attached hydrogen (secondary N) is 1. The van der Waals surface area contributed by atoms with Crippen molar-refractivity contribution in [1.82, 2.24) is 9.72 Å². The molecule has 0 fully saturated rings. The Balaban J connectivity index is 2.45. The first kappa shape index (κ1) is 9.28. The summed E-state index contributed by atoms with van der Waals surface area (Å²) in [5.74, 6) is 0. The molecule has 0 aliphatic rings. The molecule has 2 rings (SSSR count). The lowest BCUT2D eigenvalue weighted by atomic mass is 10.2. The molecule has 0 amide bonds. The van der Waals surface area contributed by atoms with Crippen molar-refractivity contribution in [3.8, 4) is 0 Å². The van der Waals surface area contributed by atoms with E-state index in [1.165, 1.54) is 16.8 Å². The molecule has 1 N–H and O–H groups in total. The van der Waals surface area contributed by atoms with E-state index in [4.69, 9.17) is 0 Å². The number of hydrogen-bond acceptors (Lipinski definition) is 1. The van der Waals surface area contributed by atoms with Gasteiger partial charge in [0.1, 0.15) is 0 Å². The minimum absolute atomic E-state index is 1.03. The van der Waals surface area contributed by atoms with Crippen LogP contribution in [0.3, 0.4) is 0 Å². The molecule has 0 aromatic carbocycles. The molecule has 74 valence electrons. The predicted molar refractivity (Wildman–Crippen MR) is 59.8 cm³/mol. The molecule has 2 aromatic heterocycles. The summed E-state index contributed by atoms with van der Waals surface area (Å²) in [5, 5.41) is 3.18. The molecule has 0 aliphatic carbocycles. The largest absolute Gasteiger partial charge is 0.321 e. The highest BCUT2D eigenvalue weighted by molar-refractivity contribution is 5.53. The van der Waals surface area contributed by atoms with Gasteiger partial charge in [-0.2, -0.15) is 0 Å². The van der Waals surface area contributed by atoms with Crippen LogP contribution in [0.15, 0.2) is 30.5 Å². The lowest BCUT2D eigenvalue weighted by molar-refractivity contribution is 0.767. The number of rotatable bonds is 3. The van der Waals surface area contributed by atoms with Gasteiger partial charge in [0.2, 0.25) is 0 Å². The Morgan fingerprint density at radius 3 is 3.00 bits per heavy atom. The fourth-order valence-electron chi connectivity index (χ4n) is 1.88. The van der Waals surface area contributed by atoms with Gasteiger partial charge in [-0.25, -0.2) is 0 Å². The summed E-state index contributed by atoms with van der Waals surface area (Å²) in [6.07, 6.45) is 3.22. The third-order valence-corrected chi connectivity index (χ3v) is 2.61. The number of hydrogen-bond donors (Lipinski definition) is 1. The lowest BCUT2D eigenvalue weighted by Crippen LogP contribution is -2.12. The minimum Gasteiger partial charge on any atom is -0.321 e. The van der Waals surface area contributed by atoms with Crippen LogP contribution >= 0.6 is 0 Å². The summed E-state index contributed by atoms with van der Waals surface area (Å²) in [6.45, 7) is 3.21. The first-order valence-electron chi connectivity index (χ1n) is 5.03. The number of likely N-dealkylation sites (N-methyl/N-ethyl adjacent to an activating group) is 1. The van der Waals surface area contributed by atoms with Gasteiger partial charge in [-0.05, 0) is 37.7 Å². The SMILES string of the molecule is CNCCc1c(C)cc2ccccn12. The molecule has 0 atom stereocenters. The van der Waals surface area contributed by atoms with Gasteiger partial charge in [0.25, 0.3) is 0 Å². The third-order valence-electron chi connectivity index (χ3n) is 2.61. The Kier molecular flexibility index (Phi) is 2.55. The van der Waals surface area contributed by atoms with E-state index in [9.17, 15) is 0 Å². The van der Waals surface area contributed by atoms with Crippen LogP contribution in [0.5, 0.6) is 0 Å². The van der Waals surface area contributed by atoms with Crippen LogP contribution in [-0.2, 0) is 6.42 Å². The maximum atomic E-state index is 3.18. The fraction of sp³-hybridized carbons (Fsp3) is 0.333. The van der Waals surface area contributed by atoms with Crippen LogP contribution in [0.4, 0.5) is 0 Å². The second kappa shape index (κ2) is 3.84. The number of nitrogens with zero attached hydrogens (tertiary/aromatic N) is 1. The van der Waals surface area contributed by atoms with E-state index in [0.29, 0.717) is 0 Å². The molecular weight excluding hydrogens is 172 g/mol. The molecular formula is C12H16N2. The minimum atomic E-state index is 1.03. The Hall–Kier alpha value is -1.28. The number of fused-ring (bicyclic) bond motifs is 1. The average molecular weight is 188 g/mol. The first-order valence-corrected chi connectivity index (χ1v) is 5.03. The second-order valence-electron chi connectivity index (χ2n) is 3.62. The van der Waals surface area contributed by atoms with E-state index in [-0.39, 0.29) is 0 Å². The number of aryl methyl sites for hydroxylation is 1. The molecule has 2 aromatic rings. The zero-order valence-corrected chi connectivity index (χ0v) is 8.75. The quantitative estimate of drug-likeness (QED) is 0.779. The number of pyridine rings is 1. The monoisotopic (exact) mass is 188 g/mol. The van der Waals surface area contributed by atoms with E-state index in [0.717, 1.165) is 13.0 Å². The Bertz CT molecular complexity index is 429. The van der Waals surface area contributed by atoms with Crippen LogP contribution in [0.2, 0.25) is 0 Å². The lowest BCUT2D eigenvalue weighted by Gasteiger charge is -2.03. The highest BCUT2D eigenvalue weighted by Crippen LogP contribution is 2.15. The van der Waals surface area contributed by atoms with Crippen LogP contribution in [0.25, 0.3) is 5.52 Å². The van der Waals surface area contributed by atoms with Crippen LogP contribution in [-0.4, -0.2) is 18.0 Å². The van der Waals surface area contributed by atoms with E-state index in [1.807, 2.05) is 7.05 Å². The van der Waals surface area contributed by atoms with Gasteiger partial charge in [0.05, 0.1) is 0 Å². The van der Waals surface area contributed by atoms with Crippen molar-refractivity contribution < 1.29 is 0 Å². The van der Waals surface area contributed by atoms with E-state index >= 15 is 0 Å². The molecule has 0 aliphatic heterocycles. The van der Waals surface area contributed by atoms with Gasteiger partial charge in [-0.3, -0.25) is 0 Å². The molecule has 2 nitrogen and oxygen atoms in total. The van der Waals surface area contributed by atoms with Crippen LogP contribution < -0.4 is 5.32 Å². The molecule has 14 heavy (non-hydrogen) atoms. The maximum Gasteiger partial charge on any atom is 0.0455 e. The van der Waals surface area contributed by atoms with Gasteiger partial charge in [-0.15, -0.1) is 0 Å². The molecule has 0 spiro atoms. The molecule has 0 unspecified atom stereocenters. The molecule has 0 saturated heterocycles. The van der Waals surface area contributed by atoms with Gasteiger partial charge >= 0.3 is 0 Å². The molecule has 0 bridgehead atoms. The maximum absolute atomic E-state index is 3.18. The van der Waals surface area contributed by atoms with Crippen molar-refractivity contribution in [3.63, 3.8) is 0 Å². The zero-order chi connectivity index (χ0) is 9.97. The fourth-order valence-corrected chi connectivity index (χ4v) is 1.88. The van der Waals surface area contributed by atoms with Crippen molar-refractivity contribution in [3.05, 3.63) is 41.7 Å². The normalized spacial score (nSPS) is 11.0. The van der Waals surface area contributed by atoms with Crippen molar-refractivity contribution in [1.29, 1.82) is 0 Å². The first-order chi connectivity index (χ1) is 6.83. The number of aromatic nitrogens is 1. The summed E-state index contributed by atoms with van der Waals surface area (Å²) >= 11 is 0. The summed E-state index contributed by atoms with van der Waals surface area (Å²) in [6, 6.07) is 8.55. The summed E-state index contributed by atoms with van der Waals surface area (Å²) < 4.78 is 2.27. The van der Waals surface area contributed by atoms with E-state index in [2.05, 4.69) is 47.1 Å². The summed E-state index contributed by atoms with van der Waals surface area (Å²) in [5.41, 5.74) is 4.08. The molecule has 0 radical (unpaired) electrons. The van der Waals surface area contributed by atoms with Crippen molar-refractivity contribution >= 4 is 5.52 Å². The standard InChI is InChI=1S/C12H16N2/c1-10-9-11-5-3-4-8-14(11)12(10)6-7-13-2/h3-5,8-9,13H,6-7H2,1-2H3. The molecule has 2 heterocycles. The highest BCUT2D eigenvalue weighted by atomic mass is 14.9. The Morgan fingerprint density at radius 2 is 2.21 bits per heavy atom. The Labute approximate surface area is 84.6 Å². The van der Waals surface area contributed by atoms with Crippen LogP contribution in [0, 0.1) is 6.92 Å². The van der Waals surface area contributed by atoms with Gasteiger partial charge in [0.15, 0.2) is 0 Å². The average Bonchev–Trinajstić information content (AvgIpc) is 2.51. The van der Waals surface area contributed by atoms with Gasteiger partial charge in [-0.1, -0.05) is 6.07 Å². The smallest absolute Gasteiger partial charge is 0.0455 e. The van der Waals surface area contributed by atoms with E-state index in [1.54, 1.807) is 0 Å². The van der Waals surface area contributed by atoms with Crippen molar-refractivity contribution in [2.45, 2.75) is 13.3 Å². The molecule has 2 heteroatoms. The summed E-state index contributed by atoms with van der Waals surface area (Å²) in [7, 11) is 1.99. The van der Waals surface area contributed by atoms with Gasteiger partial charge < -0.3 is 9.72 Å². The summed E-state index contributed by atoms with van der Waals surface area (Å²) in [4.78, 5) is 0. The molecule has 0 saturated carbocycles. The third kappa shape index (κ3) is 1.53. The van der Waals surface area contributed by atoms with Crippen molar-refractivity contribution in [2.75, 3.05) is 13.6 Å². The topological polar surface area (TPSA) is 16.4 Å². The van der Waals surface area contributed by atoms with E-state index < -0.39 is 0 Å². The van der Waals surface area contributed by atoms with Crippen LogP contribution in [0.1, 0.15) is 11.3 Å². The second-order valence-corrected chi connectivity index (χ2v) is 3.62.